The van der Waals surface area contributed by atoms with Crippen molar-refractivity contribution < 1.29 is 0 Å². The summed E-state index contributed by atoms with van der Waals surface area (Å²) in [6, 6.07) is 3.73. The third-order valence-electron chi connectivity index (χ3n) is 2.04. The first kappa shape index (κ1) is 12.1. The zero-order valence-electron chi connectivity index (χ0n) is 7.97. The van der Waals surface area contributed by atoms with Crippen LogP contribution in [0.2, 0.25) is 0 Å². The molecule has 0 spiro atoms. The lowest BCUT2D eigenvalue weighted by Crippen LogP contribution is -2.11. The Kier molecular flexibility index (Phi) is 4.23. The van der Waals surface area contributed by atoms with Crippen molar-refractivity contribution >= 4 is 29.3 Å². The summed E-state index contributed by atoms with van der Waals surface area (Å²) in [5.41, 5.74) is 6.50. The topological polar surface area (TPSA) is 71.2 Å². The average molecular weight is 246 g/mol. The molecule has 6 heteroatoms. The summed E-state index contributed by atoms with van der Waals surface area (Å²) in [5, 5.41) is 0.653. The minimum Gasteiger partial charge on any atom is -0.379 e. The van der Waals surface area contributed by atoms with Gasteiger partial charge in [0.1, 0.15) is 0 Å². The minimum atomic E-state index is -0.0647. The summed E-state index contributed by atoms with van der Waals surface area (Å²) in [7, 11) is 0. The highest BCUT2D eigenvalue weighted by Crippen LogP contribution is 2.17. The predicted molar refractivity (Wildman–Crippen MR) is 65.9 cm³/mol. The molecule has 0 fully saturated rings. The third-order valence-corrected chi connectivity index (χ3v) is 3.00. The average Bonchev–Trinajstić information content (AvgIpc) is 2.51. The fourth-order valence-corrected chi connectivity index (χ4v) is 2.21. The molecular formula is C9H12ClN3OS. The van der Waals surface area contributed by atoms with Gasteiger partial charge in [0, 0.05) is 18.0 Å². The maximum atomic E-state index is 11.0. The van der Waals surface area contributed by atoms with E-state index in [1.54, 1.807) is 24.0 Å². The fraction of sp³-hybridized carbons (Fsp3) is 0.333. The van der Waals surface area contributed by atoms with Crippen molar-refractivity contribution in [1.29, 1.82) is 0 Å². The minimum absolute atomic E-state index is 0. The van der Waals surface area contributed by atoms with Crippen molar-refractivity contribution in [3.05, 3.63) is 34.2 Å². The Morgan fingerprint density at radius 1 is 1.67 bits per heavy atom. The van der Waals surface area contributed by atoms with E-state index >= 15 is 0 Å². The largest absolute Gasteiger partial charge is 0.379 e. The van der Waals surface area contributed by atoms with Crippen LogP contribution < -0.4 is 11.3 Å². The second kappa shape index (κ2) is 5.23. The van der Waals surface area contributed by atoms with E-state index in [-0.39, 0.29) is 24.0 Å². The Morgan fingerprint density at radius 3 is 3.07 bits per heavy atom. The van der Waals surface area contributed by atoms with Gasteiger partial charge in [0.25, 0.3) is 0 Å². The molecule has 0 unspecified atom stereocenters. The fourth-order valence-electron chi connectivity index (χ4n) is 1.43. The number of nitrogens with zero attached hydrogens (tertiary/aromatic N) is 1. The number of H-pyrrole nitrogens is 1. The summed E-state index contributed by atoms with van der Waals surface area (Å²) in [5.74, 6) is 0.915. The molecule has 1 aliphatic heterocycles. The normalized spacial score (nSPS) is 19.5. The van der Waals surface area contributed by atoms with Gasteiger partial charge in [-0.15, -0.1) is 12.4 Å². The Balaban J connectivity index is 0.00000112. The predicted octanol–water partition coefficient (Wildman–Crippen LogP) is 0.769. The summed E-state index contributed by atoms with van der Waals surface area (Å²) < 4.78 is 0. The van der Waals surface area contributed by atoms with Gasteiger partial charge in [-0.2, -0.15) is 0 Å². The van der Waals surface area contributed by atoms with Crippen LogP contribution in [-0.4, -0.2) is 21.9 Å². The first-order valence-corrected chi connectivity index (χ1v) is 5.36. The second-order valence-electron chi connectivity index (χ2n) is 3.20. The number of amidine groups is 1. The molecular weight excluding hydrogens is 234 g/mol. The molecule has 0 aliphatic carbocycles. The van der Waals surface area contributed by atoms with E-state index in [9.17, 15) is 4.79 Å². The van der Waals surface area contributed by atoms with Gasteiger partial charge in [-0.05, 0) is 18.1 Å². The maximum Gasteiger partial charge on any atom is 0.248 e. The molecule has 1 aromatic heterocycles. The molecule has 0 bridgehead atoms. The van der Waals surface area contributed by atoms with Crippen LogP contribution in [0.25, 0.3) is 0 Å². The molecule has 0 saturated carbocycles. The second-order valence-corrected chi connectivity index (χ2v) is 4.24. The van der Waals surface area contributed by atoms with Gasteiger partial charge in [0.15, 0.2) is 5.17 Å². The van der Waals surface area contributed by atoms with E-state index in [4.69, 9.17) is 5.73 Å². The summed E-state index contributed by atoms with van der Waals surface area (Å²) in [6.07, 6.45) is 2.45. The molecule has 0 amide bonds. The molecule has 0 aromatic carbocycles. The van der Waals surface area contributed by atoms with Crippen molar-refractivity contribution in [2.24, 2.45) is 10.7 Å². The quantitative estimate of drug-likeness (QED) is 0.809. The molecule has 1 aromatic rings. The van der Waals surface area contributed by atoms with Gasteiger partial charge in [-0.25, -0.2) is 0 Å². The lowest BCUT2D eigenvalue weighted by Gasteiger charge is -2.04. The highest BCUT2D eigenvalue weighted by atomic mass is 35.5. The van der Waals surface area contributed by atoms with Crippen molar-refractivity contribution in [1.82, 2.24) is 4.98 Å². The van der Waals surface area contributed by atoms with Gasteiger partial charge in [0.05, 0.1) is 6.04 Å². The van der Waals surface area contributed by atoms with Gasteiger partial charge in [-0.3, -0.25) is 9.79 Å². The number of aromatic amines is 1. The first-order chi connectivity index (χ1) is 6.74. The molecule has 1 atom stereocenters. The van der Waals surface area contributed by atoms with E-state index in [0.29, 0.717) is 5.17 Å². The van der Waals surface area contributed by atoms with Crippen LogP contribution in [0.3, 0.4) is 0 Å². The Hall–Kier alpha value is -0.940. The molecule has 3 N–H and O–H groups in total. The number of hydrogen-bond donors (Lipinski definition) is 2. The highest BCUT2D eigenvalue weighted by Gasteiger charge is 2.16. The number of nitrogens with one attached hydrogen (secondary N) is 1. The molecule has 15 heavy (non-hydrogen) atoms. The number of aliphatic imine (C=N–C) groups is 1. The number of nitrogens with two attached hydrogens (primary N) is 1. The number of halogens is 1. The number of hydrogen-bond acceptors (Lipinski definition) is 4. The van der Waals surface area contributed by atoms with E-state index in [1.807, 2.05) is 6.07 Å². The van der Waals surface area contributed by atoms with Gasteiger partial charge < -0.3 is 10.7 Å². The molecule has 82 valence electrons. The summed E-state index contributed by atoms with van der Waals surface area (Å²) in [4.78, 5) is 17.8. The molecule has 2 rings (SSSR count). The Labute approximate surface area is 97.8 Å². The van der Waals surface area contributed by atoms with Gasteiger partial charge in [0.2, 0.25) is 5.56 Å². The zero-order valence-corrected chi connectivity index (χ0v) is 9.61. The molecule has 2 heterocycles. The number of aromatic nitrogens is 1. The summed E-state index contributed by atoms with van der Waals surface area (Å²) >= 11 is 1.57. The van der Waals surface area contributed by atoms with Crippen molar-refractivity contribution in [2.75, 3.05) is 5.75 Å². The SMILES string of the molecule is Cl.NC1=N[C@H](Cc2cc[nH]c(=O)c2)CS1. The lowest BCUT2D eigenvalue weighted by molar-refractivity contribution is 0.760. The first-order valence-electron chi connectivity index (χ1n) is 4.38. The van der Waals surface area contributed by atoms with Crippen LogP contribution in [0.5, 0.6) is 0 Å². The molecule has 1 aliphatic rings. The number of rotatable bonds is 2. The van der Waals surface area contributed by atoms with E-state index in [1.165, 1.54) is 0 Å². The number of thioether (sulfide) groups is 1. The Bertz CT molecular complexity index is 418. The van der Waals surface area contributed by atoms with Crippen LogP contribution in [0.1, 0.15) is 5.56 Å². The Morgan fingerprint density at radius 2 is 2.47 bits per heavy atom. The van der Waals surface area contributed by atoms with Crippen LogP contribution >= 0.6 is 24.2 Å². The smallest absolute Gasteiger partial charge is 0.248 e. The van der Waals surface area contributed by atoms with Gasteiger partial charge >= 0.3 is 0 Å². The summed E-state index contributed by atoms with van der Waals surface area (Å²) in [6.45, 7) is 0. The van der Waals surface area contributed by atoms with Gasteiger partial charge in [-0.1, -0.05) is 11.8 Å². The third kappa shape index (κ3) is 3.28. The van der Waals surface area contributed by atoms with Crippen LogP contribution in [0, 0.1) is 0 Å². The standard InChI is InChI=1S/C9H11N3OS.ClH/c10-9-12-7(5-14-9)3-6-1-2-11-8(13)4-6;/h1-2,4,7H,3,5H2,(H2,10,12)(H,11,13);1H/t7-;/m1./s1. The van der Waals surface area contributed by atoms with E-state index in [0.717, 1.165) is 17.7 Å². The number of pyridine rings is 1. The monoisotopic (exact) mass is 245 g/mol. The van der Waals surface area contributed by atoms with Crippen molar-refractivity contribution in [3.8, 4) is 0 Å². The van der Waals surface area contributed by atoms with Crippen molar-refractivity contribution in [3.63, 3.8) is 0 Å². The molecule has 0 radical (unpaired) electrons. The van der Waals surface area contributed by atoms with Crippen LogP contribution in [0.4, 0.5) is 0 Å². The van der Waals surface area contributed by atoms with Crippen LogP contribution in [0.15, 0.2) is 28.1 Å². The van der Waals surface area contributed by atoms with E-state index < -0.39 is 0 Å². The van der Waals surface area contributed by atoms with Crippen LogP contribution in [-0.2, 0) is 6.42 Å². The van der Waals surface area contributed by atoms with Crippen molar-refractivity contribution in [2.45, 2.75) is 12.5 Å². The lowest BCUT2D eigenvalue weighted by atomic mass is 10.1. The molecule has 0 saturated heterocycles. The highest BCUT2D eigenvalue weighted by molar-refractivity contribution is 8.14. The molecule has 4 nitrogen and oxygen atoms in total. The maximum absolute atomic E-state index is 11.0. The zero-order chi connectivity index (χ0) is 9.97. The van der Waals surface area contributed by atoms with E-state index in [2.05, 4.69) is 9.98 Å².